The Labute approximate surface area is 111 Å². The van der Waals surface area contributed by atoms with E-state index in [0.29, 0.717) is 23.8 Å². The molecule has 19 heavy (non-hydrogen) atoms. The average molecular weight is 258 g/mol. The second kappa shape index (κ2) is 5.90. The van der Waals surface area contributed by atoms with Gasteiger partial charge in [-0.3, -0.25) is 19.7 Å². The minimum Gasteiger partial charge on any atom is -0.480 e. The number of hydrogen-bond acceptors (Lipinski definition) is 5. The first-order valence-corrected chi connectivity index (χ1v) is 5.75. The van der Waals surface area contributed by atoms with E-state index in [2.05, 4.69) is 15.0 Å². The van der Waals surface area contributed by atoms with Gasteiger partial charge in [0.15, 0.2) is 0 Å². The summed E-state index contributed by atoms with van der Waals surface area (Å²) in [7, 11) is 1.51. The summed E-state index contributed by atoms with van der Waals surface area (Å²) in [5.74, 6) is 0.210. The van der Waals surface area contributed by atoms with Crippen molar-refractivity contribution in [1.82, 2.24) is 4.98 Å². The second-order valence-corrected chi connectivity index (χ2v) is 3.77. The van der Waals surface area contributed by atoms with Crippen LogP contribution in [-0.4, -0.2) is 37.0 Å². The van der Waals surface area contributed by atoms with Crippen molar-refractivity contribution in [3.8, 4) is 5.88 Å². The van der Waals surface area contributed by atoms with E-state index in [-0.39, 0.29) is 5.91 Å². The Morgan fingerprint density at radius 3 is 3.05 bits per heavy atom. The molecule has 0 spiro atoms. The molecule has 1 aliphatic heterocycles. The molecule has 6 heteroatoms. The standard InChI is InChI=1S/C13H14N4O2/c1-10(18)17(11-8-14-6-7-15-9-11)12-4-3-5-16-13(12)19-2/h3-6,8-9H,7H2,1-2H3. The van der Waals surface area contributed by atoms with Gasteiger partial charge in [-0.1, -0.05) is 0 Å². The number of anilines is 1. The predicted octanol–water partition coefficient (Wildman–Crippen LogP) is 1.44. The number of carbonyl (C=O) groups excluding carboxylic acids is 1. The molecule has 1 amide bonds. The van der Waals surface area contributed by atoms with E-state index in [1.54, 1.807) is 37.0 Å². The number of rotatable bonds is 3. The van der Waals surface area contributed by atoms with Gasteiger partial charge >= 0.3 is 0 Å². The van der Waals surface area contributed by atoms with Crippen LogP contribution in [0.15, 0.2) is 40.2 Å². The molecule has 1 aliphatic rings. The molecule has 0 aliphatic carbocycles. The van der Waals surface area contributed by atoms with E-state index >= 15 is 0 Å². The molecule has 2 rings (SSSR count). The number of hydrogen-bond donors (Lipinski definition) is 0. The second-order valence-electron chi connectivity index (χ2n) is 3.77. The number of aromatic nitrogens is 1. The van der Waals surface area contributed by atoms with Crippen molar-refractivity contribution >= 4 is 24.0 Å². The van der Waals surface area contributed by atoms with Gasteiger partial charge in [-0.15, -0.1) is 0 Å². The fourth-order valence-electron chi connectivity index (χ4n) is 1.72. The molecule has 6 nitrogen and oxygen atoms in total. The molecule has 0 aromatic carbocycles. The van der Waals surface area contributed by atoms with Crippen LogP contribution in [0.1, 0.15) is 6.92 Å². The van der Waals surface area contributed by atoms with Crippen LogP contribution in [0, 0.1) is 0 Å². The summed E-state index contributed by atoms with van der Waals surface area (Å²) < 4.78 is 5.18. The molecule has 98 valence electrons. The molecule has 0 N–H and O–H groups in total. The smallest absolute Gasteiger partial charge is 0.238 e. The van der Waals surface area contributed by atoms with E-state index in [9.17, 15) is 4.79 Å². The SMILES string of the molecule is COc1ncccc1N(C(C)=O)C1=CN=CCN=C1. The van der Waals surface area contributed by atoms with E-state index in [1.165, 1.54) is 18.9 Å². The maximum atomic E-state index is 11.9. The molecule has 0 saturated heterocycles. The van der Waals surface area contributed by atoms with Crippen LogP contribution < -0.4 is 9.64 Å². The third kappa shape index (κ3) is 2.85. The Kier molecular flexibility index (Phi) is 4.02. The quantitative estimate of drug-likeness (QED) is 0.823. The van der Waals surface area contributed by atoms with E-state index in [0.717, 1.165) is 0 Å². The van der Waals surface area contributed by atoms with Gasteiger partial charge in [-0.2, -0.15) is 0 Å². The van der Waals surface area contributed by atoms with Crippen LogP contribution in [0.5, 0.6) is 5.88 Å². The Balaban J connectivity index is 2.49. The summed E-state index contributed by atoms with van der Waals surface area (Å²) in [6, 6.07) is 3.50. The van der Waals surface area contributed by atoms with Crippen molar-refractivity contribution in [1.29, 1.82) is 0 Å². The van der Waals surface area contributed by atoms with Crippen LogP contribution in [0.25, 0.3) is 0 Å². The molecular formula is C13H14N4O2. The third-order valence-electron chi connectivity index (χ3n) is 2.48. The zero-order valence-electron chi connectivity index (χ0n) is 10.8. The molecular weight excluding hydrogens is 244 g/mol. The topological polar surface area (TPSA) is 67.2 Å². The first-order chi connectivity index (χ1) is 9.24. The molecule has 0 radical (unpaired) electrons. The molecule has 1 aromatic rings. The van der Waals surface area contributed by atoms with E-state index in [1.807, 2.05) is 0 Å². The summed E-state index contributed by atoms with van der Waals surface area (Å²) in [6.07, 6.45) is 6.47. The Morgan fingerprint density at radius 1 is 1.47 bits per heavy atom. The third-order valence-corrected chi connectivity index (χ3v) is 2.48. The average Bonchev–Trinajstić information content (AvgIpc) is 2.68. The van der Waals surface area contributed by atoms with Gasteiger partial charge in [0.05, 0.1) is 25.6 Å². The van der Waals surface area contributed by atoms with Gasteiger partial charge < -0.3 is 4.74 Å². The predicted molar refractivity (Wildman–Crippen MR) is 73.9 cm³/mol. The maximum absolute atomic E-state index is 11.9. The Bertz CT molecular complexity index is 564. The van der Waals surface area contributed by atoms with Gasteiger partial charge in [0.2, 0.25) is 11.8 Å². The van der Waals surface area contributed by atoms with Gasteiger partial charge in [-0.05, 0) is 12.1 Å². The van der Waals surface area contributed by atoms with Crippen molar-refractivity contribution in [2.24, 2.45) is 9.98 Å². The Hall–Kier alpha value is -2.50. The molecule has 0 saturated carbocycles. The number of methoxy groups -OCH3 is 1. The summed E-state index contributed by atoms with van der Waals surface area (Å²) >= 11 is 0. The minimum absolute atomic E-state index is 0.166. The number of pyridine rings is 1. The van der Waals surface area contributed by atoms with Crippen molar-refractivity contribution in [3.05, 3.63) is 30.2 Å². The zero-order chi connectivity index (χ0) is 13.7. The molecule has 0 atom stereocenters. The molecule has 0 bridgehead atoms. The van der Waals surface area contributed by atoms with Crippen molar-refractivity contribution in [2.45, 2.75) is 6.92 Å². The van der Waals surface area contributed by atoms with Crippen LogP contribution in [0.3, 0.4) is 0 Å². The molecule has 0 fully saturated rings. The summed E-state index contributed by atoms with van der Waals surface area (Å²) in [5, 5.41) is 0. The van der Waals surface area contributed by atoms with Crippen LogP contribution >= 0.6 is 0 Å². The summed E-state index contributed by atoms with van der Waals surface area (Å²) in [6.45, 7) is 1.96. The first kappa shape index (κ1) is 12.9. The number of aliphatic imine (C=N–C) groups is 2. The number of carbonyl (C=O) groups is 1. The lowest BCUT2D eigenvalue weighted by Gasteiger charge is -2.22. The van der Waals surface area contributed by atoms with Gasteiger partial charge in [-0.25, -0.2) is 4.98 Å². The highest BCUT2D eigenvalue weighted by Gasteiger charge is 2.20. The molecule has 0 unspecified atom stereocenters. The first-order valence-electron chi connectivity index (χ1n) is 5.75. The van der Waals surface area contributed by atoms with Crippen LogP contribution in [0.2, 0.25) is 0 Å². The maximum Gasteiger partial charge on any atom is 0.238 e. The molecule has 1 aromatic heterocycles. The van der Waals surface area contributed by atoms with E-state index < -0.39 is 0 Å². The highest BCUT2D eigenvalue weighted by Crippen LogP contribution is 2.28. The van der Waals surface area contributed by atoms with Crippen LogP contribution in [0.4, 0.5) is 5.69 Å². The Morgan fingerprint density at radius 2 is 2.32 bits per heavy atom. The molecule has 2 heterocycles. The van der Waals surface area contributed by atoms with Crippen LogP contribution in [-0.2, 0) is 4.79 Å². The van der Waals surface area contributed by atoms with E-state index in [4.69, 9.17) is 4.74 Å². The lowest BCUT2D eigenvalue weighted by Crippen LogP contribution is -2.29. The number of allylic oxidation sites excluding steroid dienone is 1. The number of ether oxygens (including phenoxy) is 1. The van der Waals surface area contributed by atoms with Crippen molar-refractivity contribution in [2.75, 3.05) is 18.6 Å². The van der Waals surface area contributed by atoms with Crippen molar-refractivity contribution in [3.63, 3.8) is 0 Å². The van der Waals surface area contributed by atoms with Gasteiger partial charge in [0, 0.05) is 25.5 Å². The largest absolute Gasteiger partial charge is 0.480 e. The monoisotopic (exact) mass is 258 g/mol. The number of amides is 1. The van der Waals surface area contributed by atoms with Gasteiger partial charge in [0.25, 0.3) is 0 Å². The highest BCUT2D eigenvalue weighted by molar-refractivity contribution is 6.03. The van der Waals surface area contributed by atoms with Crippen molar-refractivity contribution < 1.29 is 9.53 Å². The lowest BCUT2D eigenvalue weighted by atomic mass is 10.3. The minimum atomic E-state index is -0.166. The normalized spacial score (nSPS) is 13.7. The summed E-state index contributed by atoms with van der Waals surface area (Å²) in [5.41, 5.74) is 1.14. The number of nitrogens with zero attached hydrogens (tertiary/aromatic N) is 4. The zero-order valence-corrected chi connectivity index (χ0v) is 10.8. The fraction of sp³-hybridized carbons (Fsp3) is 0.231. The lowest BCUT2D eigenvalue weighted by molar-refractivity contribution is -0.116. The van der Waals surface area contributed by atoms with Gasteiger partial charge in [0.1, 0.15) is 5.69 Å². The highest BCUT2D eigenvalue weighted by atomic mass is 16.5. The summed E-state index contributed by atoms with van der Waals surface area (Å²) in [4.78, 5) is 25.7. The fourth-order valence-corrected chi connectivity index (χ4v) is 1.72.